The average molecular weight is 366 g/mol. The molecule has 0 unspecified atom stereocenters. The van der Waals surface area contributed by atoms with Gasteiger partial charge in [0.2, 0.25) is 0 Å². The van der Waals surface area contributed by atoms with Crippen molar-refractivity contribution in [3.05, 3.63) is 28.2 Å². The van der Waals surface area contributed by atoms with Crippen molar-refractivity contribution in [3.63, 3.8) is 0 Å². The lowest BCUT2D eigenvalue weighted by atomic mass is 10.0. The number of nitrogens with one attached hydrogen (secondary N) is 1. The van der Waals surface area contributed by atoms with Gasteiger partial charge in [0, 0.05) is 23.1 Å². The van der Waals surface area contributed by atoms with Gasteiger partial charge in [0.15, 0.2) is 0 Å². The Morgan fingerprint density at radius 2 is 2.10 bits per heavy atom. The van der Waals surface area contributed by atoms with Crippen LogP contribution in [0.4, 0.5) is 18.9 Å². The van der Waals surface area contributed by atoms with Crippen LogP contribution >= 0.6 is 15.9 Å². The number of oxime groups is 1. The zero-order valence-corrected chi connectivity index (χ0v) is 12.6. The Labute approximate surface area is 128 Å². The summed E-state index contributed by atoms with van der Waals surface area (Å²) in [4.78, 5) is 0. The lowest BCUT2D eigenvalue weighted by molar-refractivity contribution is -0.137. The van der Waals surface area contributed by atoms with Crippen molar-refractivity contribution in [1.29, 1.82) is 0 Å². The Morgan fingerprint density at radius 1 is 1.43 bits per heavy atom. The molecule has 0 radical (unpaired) electrons. The van der Waals surface area contributed by atoms with Crippen molar-refractivity contribution in [3.8, 4) is 0 Å². The summed E-state index contributed by atoms with van der Waals surface area (Å²) >= 11 is 3.23. The highest BCUT2D eigenvalue weighted by Gasteiger charge is 2.43. The van der Waals surface area contributed by atoms with E-state index in [1.165, 1.54) is 6.07 Å². The predicted octanol–water partition coefficient (Wildman–Crippen LogP) is 3.80. The van der Waals surface area contributed by atoms with E-state index in [1.54, 1.807) is 0 Å². The summed E-state index contributed by atoms with van der Waals surface area (Å²) in [6, 6.07) is 3.47. The summed E-state index contributed by atoms with van der Waals surface area (Å²) in [6.45, 7) is 0.475. The number of hydrogen-bond donors (Lipinski definition) is 3. The third-order valence-corrected chi connectivity index (χ3v) is 4.28. The molecule has 1 aromatic rings. The summed E-state index contributed by atoms with van der Waals surface area (Å²) in [5.41, 5.74) is 5.04. The van der Waals surface area contributed by atoms with Crippen LogP contribution in [-0.2, 0) is 6.18 Å². The molecule has 4 N–H and O–H groups in total. The number of anilines is 1. The number of nitrogens with zero attached hydrogens (tertiary/aromatic N) is 1. The van der Waals surface area contributed by atoms with Crippen molar-refractivity contribution in [2.75, 3.05) is 11.9 Å². The third-order valence-electron chi connectivity index (χ3n) is 3.59. The fourth-order valence-electron chi connectivity index (χ4n) is 2.13. The largest absolute Gasteiger partial charge is 0.416 e. The molecule has 0 saturated heterocycles. The molecular weight excluding hydrogens is 351 g/mol. The van der Waals surface area contributed by atoms with E-state index in [0.29, 0.717) is 23.1 Å². The minimum absolute atomic E-state index is 0.135. The van der Waals surface area contributed by atoms with Crippen LogP contribution in [0.25, 0.3) is 0 Å². The van der Waals surface area contributed by atoms with E-state index >= 15 is 0 Å². The van der Waals surface area contributed by atoms with Crippen LogP contribution in [0.2, 0.25) is 0 Å². The zero-order chi connectivity index (χ0) is 15.7. The van der Waals surface area contributed by atoms with Crippen LogP contribution in [-0.4, -0.2) is 17.6 Å². The summed E-state index contributed by atoms with van der Waals surface area (Å²) in [5.74, 6) is 0.136. The fourth-order valence-corrected chi connectivity index (χ4v) is 2.52. The minimum atomic E-state index is -4.37. The van der Waals surface area contributed by atoms with Crippen molar-refractivity contribution in [2.45, 2.75) is 25.4 Å². The van der Waals surface area contributed by atoms with Gasteiger partial charge in [-0.25, -0.2) is 0 Å². The van der Waals surface area contributed by atoms with Crippen molar-refractivity contribution in [1.82, 2.24) is 0 Å². The van der Waals surface area contributed by atoms with Crippen LogP contribution in [0.5, 0.6) is 0 Å². The standard InChI is InChI=1S/C13H15BrF3N3O/c14-9-2-1-8(13(15,16)17)5-10(9)19-7-12(3-4-12)6-11(18)20-21/h1-2,5,19,21H,3-4,6-7H2,(H2,18,20). The van der Waals surface area contributed by atoms with Gasteiger partial charge in [-0.3, -0.25) is 0 Å². The van der Waals surface area contributed by atoms with E-state index in [-0.39, 0.29) is 11.3 Å². The molecule has 2 rings (SSSR count). The Hall–Kier alpha value is -1.44. The van der Waals surface area contributed by atoms with Crippen LogP contribution in [0.15, 0.2) is 27.8 Å². The van der Waals surface area contributed by atoms with Gasteiger partial charge in [-0.2, -0.15) is 13.2 Å². The van der Waals surface area contributed by atoms with Crippen LogP contribution in [0.3, 0.4) is 0 Å². The SMILES string of the molecule is N/C(CC1(CNc2cc(C(F)(F)F)ccc2Br)CC1)=N/O. The Morgan fingerprint density at radius 3 is 2.62 bits per heavy atom. The van der Waals surface area contributed by atoms with Gasteiger partial charge in [-0.1, -0.05) is 5.16 Å². The van der Waals surface area contributed by atoms with Gasteiger partial charge in [0.1, 0.15) is 5.84 Å². The van der Waals surface area contributed by atoms with Gasteiger partial charge in [0.25, 0.3) is 0 Å². The molecule has 4 nitrogen and oxygen atoms in total. The highest BCUT2D eigenvalue weighted by Crippen LogP contribution is 2.49. The van der Waals surface area contributed by atoms with E-state index in [1.807, 2.05) is 0 Å². The van der Waals surface area contributed by atoms with Gasteiger partial charge in [-0.15, -0.1) is 0 Å². The van der Waals surface area contributed by atoms with Crippen molar-refractivity contribution in [2.24, 2.45) is 16.3 Å². The molecule has 0 atom stereocenters. The topological polar surface area (TPSA) is 70.6 Å². The molecular formula is C13H15BrF3N3O. The normalized spacial score (nSPS) is 17.6. The molecule has 0 aromatic heterocycles. The van der Waals surface area contributed by atoms with Crippen LogP contribution in [0.1, 0.15) is 24.8 Å². The average Bonchev–Trinajstić information content (AvgIpc) is 3.16. The van der Waals surface area contributed by atoms with E-state index in [2.05, 4.69) is 26.4 Å². The molecule has 1 aliphatic carbocycles. The van der Waals surface area contributed by atoms with E-state index in [4.69, 9.17) is 10.9 Å². The maximum Gasteiger partial charge on any atom is 0.416 e. The van der Waals surface area contributed by atoms with Crippen molar-refractivity contribution >= 4 is 27.5 Å². The van der Waals surface area contributed by atoms with Crippen LogP contribution < -0.4 is 11.1 Å². The van der Waals surface area contributed by atoms with E-state index < -0.39 is 11.7 Å². The van der Waals surface area contributed by atoms with Gasteiger partial charge in [-0.05, 0) is 52.4 Å². The molecule has 8 heteroatoms. The minimum Gasteiger partial charge on any atom is -0.409 e. The third kappa shape index (κ3) is 4.03. The molecule has 0 heterocycles. The molecule has 0 bridgehead atoms. The molecule has 0 spiro atoms. The number of halogens is 4. The molecule has 1 fully saturated rings. The number of rotatable bonds is 5. The summed E-state index contributed by atoms with van der Waals surface area (Å²) in [7, 11) is 0. The molecule has 0 aliphatic heterocycles. The molecule has 0 amide bonds. The maximum atomic E-state index is 12.7. The van der Waals surface area contributed by atoms with Crippen molar-refractivity contribution < 1.29 is 18.4 Å². The summed E-state index contributed by atoms with van der Waals surface area (Å²) < 4.78 is 38.7. The molecule has 21 heavy (non-hydrogen) atoms. The van der Waals surface area contributed by atoms with E-state index in [0.717, 1.165) is 25.0 Å². The first kappa shape index (κ1) is 15.9. The number of nitrogens with two attached hydrogens (primary N) is 1. The molecule has 116 valence electrons. The first-order valence-corrected chi connectivity index (χ1v) is 7.12. The summed E-state index contributed by atoms with van der Waals surface area (Å²) in [6.07, 6.45) is -2.16. The second-order valence-electron chi connectivity index (χ2n) is 5.31. The lowest BCUT2D eigenvalue weighted by Crippen LogP contribution is -2.24. The smallest absolute Gasteiger partial charge is 0.409 e. The quantitative estimate of drug-likeness (QED) is 0.321. The van der Waals surface area contributed by atoms with Gasteiger partial charge in [0.05, 0.1) is 5.56 Å². The number of alkyl halides is 3. The Balaban J connectivity index is 2.07. The Bertz CT molecular complexity index is 556. The summed E-state index contributed by atoms with van der Waals surface area (Å²) in [5, 5.41) is 14.6. The number of benzene rings is 1. The first-order chi connectivity index (χ1) is 9.76. The molecule has 1 saturated carbocycles. The van der Waals surface area contributed by atoms with E-state index in [9.17, 15) is 13.2 Å². The maximum absolute atomic E-state index is 12.7. The fraction of sp³-hybridized carbons (Fsp3) is 0.462. The second kappa shape index (κ2) is 5.75. The first-order valence-electron chi connectivity index (χ1n) is 6.33. The van der Waals surface area contributed by atoms with Crippen LogP contribution in [0, 0.1) is 5.41 Å². The Kier molecular flexibility index (Phi) is 4.36. The lowest BCUT2D eigenvalue weighted by Gasteiger charge is -2.18. The second-order valence-corrected chi connectivity index (χ2v) is 6.17. The number of hydrogen-bond acceptors (Lipinski definition) is 3. The predicted molar refractivity (Wildman–Crippen MR) is 77.3 cm³/mol. The van der Waals surface area contributed by atoms with Gasteiger partial charge < -0.3 is 16.3 Å². The molecule has 1 aromatic carbocycles. The zero-order valence-electron chi connectivity index (χ0n) is 11.0. The highest BCUT2D eigenvalue weighted by molar-refractivity contribution is 9.10. The highest BCUT2D eigenvalue weighted by atomic mass is 79.9. The number of amidine groups is 1. The van der Waals surface area contributed by atoms with Gasteiger partial charge >= 0.3 is 6.18 Å². The monoisotopic (exact) mass is 365 g/mol. The molecule has 1 aliphatic rings.